The molecular weight excluding hydrogens is 526 g/mol. The molecule has 1 saturated heterocycles. The largest absolute Gasteiger partial charge is 0.508 e. The van der Waals surface area contributed by atoms with E-state index in [2.05, 4.69) is 50.0 Å². The minimum absolute atomic E-state index is 0.0981. The third-order valence-electron chi connectivity index (χ3n) is 7.69. The van der Waals surface area contributed by atoms with Gasteiger partial charge in [-0.15, -0.1) is 0 Å². The van der Waals surface area contributed by atoms with E-state index in [-0.39, 0.29) is 19.2 Å². The van der Waals surface area contributed by atoms with Crippen LogP contribution in [0.25, 0.3) is 0 Å². The summed E-state index contributed by atoms with van der Waals surface area (Å²) in [6.45, 7) is 12.2. The number of allylic oxidation sites excluding steroid dienone is 4. The Labute approximate surface area is 255 Å². The molecule has 0 amide bonds. The third kappa shape index (κ3) is 17.4. The van der Waals surface area contributed by atoms with Crippen molar-refractivity contribution in [2.75, 3.05) is 26.2 Å². The lowest BCUT2D eigenvalue weighted by Gasteiger charge is -2.31. The van der Waals surface area contributed by atoms with Crippen molar-refractivity contribution in [1.29, 1.82) is 0 Å². The molecule has 1 radical (unpaired) electrons. The molecule has 1 fully saturated rings. The molecule has 235 valence electrons. The number of rotatable bonds is 21. The number of unbranched alkanes of at least 4 members (excludes halogenated alkanes) is 8. The number of piperidine rings is 1. The second-order valence-corrected chi connectivity index (χ2v) is 11.6. The van der Waals surface area contributed by atoms with Crippen LogP contribution in [-0.2, 0) is 32.2 Å². The summed E-state index contributed by atoms with van der Waals surface area (Å²) < 4.78 is 16.2. The first-order valence-corrected chi connectivity index (χ1v) is 16.4. The first-order chi connectivity index (χ1) is 20.5. The Kier molecular flexibility index (Phi) is 19.4. The van der Waals surface area contributed by atoms with Crippen molar-refractivity contribution in [3.63, 3.8) is 0 Å². The van der Waals surface area contributed by atoms with E-state index in [1.165, 1.54) is 38.5 Å². The maximum absolute atomic E-state index is 12.2. The summed E-state index contributed by atoms with van der Waals surface area (Å²) in [5.74, 6) is 0.182. The lowest BCUT2D eigenvalue weighted by atomic mass is 9.99. The first kappa shape index (κ1) is 35.6. The molecule has 0 spiro atoms. The van der Waals surface area contributed by atoms with E-state index < -0.39 is 6.16 Å². The van der Waals surface area contributed by atoms with Crippen molar-refractivity contribution in [1.82, 2.24) is 4.90 Å². The normalized spacial score (nSPS) is 15.8. The van der Waals surface area contributed by atoms with Crippen molar-refractivity contribution in [3.8, 4) is 0 Å². The fourth-order valence-electron chi connectivity index (χ4n) is 5.27. The fraction of sp³-hybridized carbons (Fsp3) is 0.639. The summed E-state index contributed by atoms with van der Waals surface area (Å²) in [6, 6.07) is 5.63. The average molecular weight is 583 g/mol. The molecule has 6 heteroatoms. The number of likely N-dealkylation sites (tertiary alicyclic amines) is 1. The number of nitrogens with zero attached hydrogens (tertiary/aromatic N) is 1. The van der Waals surface area contributed by atoms with Gasteiger partial charge in [-0.05, 0) is 94.1 Å². The van der Waals surface area contributed by atoms with Gasteiger partial charge in [-0.1, -0.05) is 82.4 Å². The molecule has 1 atom stereocenters. The monoisotopic (exact) mass is 582 g/mol. The standard InChI is InChI=1S/C36H56NO5/c1-4-6-7-8-9-10-11-12-13-14-15-16-17-18-19-22-35(38)40-29-33-24-31(3)25-34(26-33)30-42-36(39)41-28-32-21-20-23-37(5-2)27-32/h9-10,12-13,24-26,32H,3-8,11,14-23,27-30H2,1-2H3/b10-9-,13-12-. The Morgan fingerprint density at radius 2 is 1.52 bits per heavy atom. The van der Waals surface area contributed by atoms with Crippen LogP contribution in [0.4, 0.5) is 4.79 Å². The number of hydrogen-bond acceptors (Lipinski definition) is 6. The van der Waals surface area contributed by atoms with Gasteiger partial charge in [0.2, 0.25) is 0 Å². The summed E-state index contributed by atoms with van der Waals surface area (Å²) in [4.78, 5) is 26.7. The number of ether oxygens (including phenoxy) is 3. The van der Waals surface area contributed by atoms with Gasteiger partial charge in [0.1, 0.15) is 13.2 Å². The number of benzene rings is 1. The summed E-state index contributed by atoms with van der Waals surface area (Å²) in [7, 11) is 0. The van der Waals surface area contributed by atoms with Gasteiger partial charge in [-0.25, -0.2) is 4.79 Å². The molecule has 0 N–H and O–H groups in total. The lowest BCUT2D eigenvalue weighted by Crippen LogP contribution is -2.37. The van der Waals surface area contributed by atoms with Crippen molar-refractivity contribution < 1.29 is 23.8 Å². The zero-order chi connectivity index (χ0) is 30.3. The summed E-state index contributed by atoms with van der Waals surface area (Å²) in [5, 5.41) is 0. The predicted molar refractivity (Wildman–Crippen MR) is 171 cm³/mol. The molecule has 0 saturated carbocycles. The highest BCUT2D eigenvalue weighted by Gasteiger charge is 2.20. The molecule has 0 aromatic heterocycles. The Morgan fingerprint density at radius 3 is 2.24 bits per heavy atom. The van der Waals surface area contributed by atoms with Crippen LogP contribution >= 0.6 is 0 Å². The first-order valence-electron chi connectivity index (χ1n) is 16.4. The SMILES string of the molecule is [CH2]c1cc(COC(=O)CCCCCCC/C=C\C/C=C\CCCCC)cc(COC(=O)OCC2CCCN(CC)C2)c1. The zero-order valence-corrected chi connectivity index (χ0v) is 26.5. The quantitative estimate of drug-likeness (QED) is 0.0818. The van der Waals surface area contributed by atoms with Crippen molar-refractivity contribution in [2.45, 2.75) is 117 Å². The van der Waals surface area contributed by atoms with Crippen molar-refractivity contribution in [2.24, 2.45) is 5.92 Å². The van der Waals surface area contributed by atoms with Crippen LogP contribution in [0.3, 0.4) is 0 Å². The van der Waals surface area contributed by atoms with E-state index in [9.17, 15) is 9.59 Å². The molecule has 1 unspecified atom stereocenters. The number of carbonyl (C=O) groups is 2. The Balaban J connectivity index is 1.52. The number of esters is 1. The van der Waals surface area contributed by atoms with Crippen molar-refractivity contribution in [3.05, 3.63) is 66.1 Å². The minimum atomic E-state index is -0.650. The number of carbonyl (C=O) groups excluding carboxylic acids is 2. The minimum Gasteiger partial charge on any atom is -0.461 e. The molecule has 2 rings (SSSR count). The van der Waals surface area contributed by atoms with Crippen LogP contribution in [0.1, 0.15) is 120 Å². The molecule has 6 nitrogen and oxygen atoms in total. The molecule has 0 bridgehead atoms. The topological polar surface area (TPSA) is 65.1 Å². The van der Waals surface area contributed by atoms with E-state index >= 15 is 0 Å². The second-order valence-electron chi connectivity index (χ2n) is 11.6. The second kappa shape index (κ2) is 22.9. The van der Waals surface area contributed by atoms with E-state index in [0.717, 1.165) is 81.3 Å². The van der Waals surface area contributed by atoms with Crippen LogP contribution < -0.4 is 0 Å². The molecular formula is C36H56NO5. The van der Waals surface area contributed by atoms with Crippen LogP contribution in [0.15, 0.2) is 42.5 Å². The van der Waals surface area contributed by atoms with Gasteiger partial charge in [0.25, 0.3) is 0 Å². The molecule has 1 aliphatic heterocycles. The molecule has 1 heterocycles. The predicted octanol–water partition coefficient (Wildman–Crippen LogP) is 9.11. The fourth-order valence-corrected chi connectivity index (χ4v) is 5.27. The molecule has 1 aromatic carbocycles. The highest BCUT2D eigenvalue weighted by Crippen LogP contribution is 2.17. The van der Waals surface area contributed by atoms with Crippen molar-refractivity contribution >= 4 is 12.1 Å². The van der Waals surface area contributed by atoms with Crippen LogP contribution in [-0.4, -0.2) is 43.3 Å². The highest BCUT2D eigenvalue weighted by molar-refractivity contribution is 5.69. The van der Waals surface area contributed by atoms with Crippen LogP contribution in [0.5, 0.6) is 0 Å². The van der Waals surface area contributed by atoms with Gasteiger partial charge in [0.05, 0.1) is 6.61 Å². The van der Waals surface area contributed by atoms with E-state index in [4.69, 9.17) is 14.2 Å². The molecule has 1 aromatic rings. The summed E-state index contributed by atoms with van der Waals surface area (Å²) in [5.41, 5.74) is 2.42. The lowest BCUT2D eigenvalue weighted by molar-refractivity contribution is -0.145. The third-order valence-corrected chi connectivity index (χ3v) is 7.69. The average Bonchev–Trinajstić information content (AvgIpc) is 2.99. The highest BCUT2D eigenvalue weighted by atomic mass is 16.7. The van der Waals surface area contributed by atoms with Gasteiger partial charge >= 0.3 is 12.1 Å². The van der Waals surface area contributed by atoms with Gasteiger partial charge < -0.3 is 19.1 Å². The van der Waals surface area contributed by atoms with Crippen LogP contribution in [0, 0.1) is 12.8 Å². The Hall–Kier alpha value is -2.60. The van der Waals surface area contributed by atoms with E-state index in [1.807, 2.05) is 18.2 Å². The number of hydrogen-bond donors (Lipinski definition) is 0. The maximum Gasteiger partial charge on any atom is 0.508 e. The zero-order valence-electron chi connectivity index (χ0n) is 26.5. The molecule has 42 heavy (non-hydrogen) atoms. The maximum atomic E-state index is 12.2. The van der Waals surface area contributed by atoms with Gasteiger partial charge in [-0.2, -0.15) is 0 Å². The Morgan fingerprint density at radius 1 is 0.857 bits per heavy atom. The van der Waals surface area contributed by atoms with E-state index in [0.29, 0.717) is 18.9 Å². The molecule has 1 aliphatic rings. The summed E-state index contributed by atoms with van der Waals surface area (Å²) in [6.07, 6.45) is 23.8. The summed E-state index contributed by atoms with van der Waals surface area (Å²) >= 11 is 0. The Bertz CT molecular complexity index is 941. The van der Waals surface area contributed by atoms with E-state index in [1.54, 1.807) is 0 Å². The van der Waals surface area contributed by atoms with Crippen LogP contribution in [0.2, 0.25) is 0 Å². The van der Waals surface area contributed by atoms with Gasteiger partial charge in [-0.3, -0.25) is 4.79 Å². The van der Waals surface area contributed by atoms with Gasteiger partial charge in [0.15, 0.2) is 0 Å². The smallest absolute Gasteiger partial charge is 0.461 e. The van der Waals surface area contributed by atoms with Gasteiger partial charge in [0, 0.05) is 18.9 Å². The molecule has 0 aliphatic carbocycles.